The van der Waals surface area contributed by atoms with Crippen LogP contribution in [-0.4, -0.2) is 40.4 Å². The Morgan fingerprint density at radius 2 is 1.81 bits per heavy atom. The molecule has 0 bridgehead atoms. The van der Waals surface area contributed by atoms with Gasteiger partial charge in [0.1, 0.15) is 11.6 Å². The number of anilines is 5. The molecule has 0 spiro atoms. The monoisotopic (exact) mass is 497 g/mol. The number of nitrogen functional groups attached to an aromatic ring is 1. The first-order valence-corrected chi connectivity index (χ1v) is 12.4. The quantitative estimate of drug-likeness (QED) is 0.261. The second kappa shape index (κ2) is 8.99. The molecule has 0 saturated carbocycles. The van der Waals surface area contributed by atoms with E-state index >= 15 is 0 Å². The molecule has 158 valence electrons. The van der Waals surface area contributed by atoms with Crippen molar-refractivity contribution in [3.05, 3.63) is 53.4 Å². The minimum absolute atomic E-state index is 0.409. The summed E-state index contributed by atoms with van der Waals surface area (Å²) < 4.78 is 6.13. The van der Waals surface area contributed by atoms with E-state index in [2.05, 4.69) is 59.8 Å². The average Bonchev–Trinajstić information content (AvgIpc) is 2.76. The van der Waals surface area contributed by atoms with Gasteiger partial charge in [-0.25, -0.2) is 4.98 Å². The van der Waals surface area contributed by atoms with Gasteiger partial charge in [0.25, 0.3) is 0 Å². The average molecular weight is 498 g/mol. The smallest absolute Gasteiger partial charge is 0.229 e. The predicted octanol–water partition coefficient (Wildman–Crippen LogP) is 4.63. The van der Waals surface area contributed by atoms with Crippen LogP contribution in [0, 0.1) is 0 Å². The molecule has 0 unspecified atom stereocenters. The molecule has 10 heteroatoms. The first-order chi connectivity index (χ1) is 15.0. The maximum atomic E-state index is 5.92. The lowest BCUT2D eigenvalue weighted by Gasteiger charge is -2.17. The van der Waals surface area contributed by atoms with Gasteiger partial charge in [-0.05, 0) is 59.6 Å². The van der Waals surface area contributed by atoms with Crippen LogP contribution in [0.2, 0.25) is 0 Å². The molecule has 0 saturated heterocycles. The Hall–Kier alpha value is -3.03. The molecule has 31 heavy (non-hydrogen) atoms. The number of nitrogens with two attached hydrogens (primary N) is 1. The van der Waals surface area contributed by atoms with Crippen molar-refractivity contribution < 1.29 is 4.74 Å². The lowest BCUT2D eigenvalue weighted by molar-refractivity contribution is 0.417. The molecule has 4 N–H and O–H groups in total. The van der Waals surface area contributed by atoms with E-state index in [0.717, 1.165) is 26.5 Å². The summed E-state index contributed by atoms with van der Waals surface area (Å²) >= 11 is 3.54. The van der Waals surface area contributed by atoms with Crippen molar-refractivity contribution >= 4 is 69.0 Å². The Labute approximate surface area is 189 Å². The summed E-state index contributed by atoms with van der Waals surface area (Å²) in [7, 11) is 1.15. The molecule has 4 rings (SSSR count). The number of nitrogens with one attached hydrogen (secondary N) is 2. The molecule has 2 aromatic carbocycles. The van der Waals surface area contributed by atoms with Gasteiger partial charge in [-0.1, -0.05) is 7.92 Å². The van der Waals surface area contributed by atoms with E-state index < -0.39 is 7.92 Å². The normalized spacial score (nSPS) is 11.0. The number of aromatic nitrogens is 4. The summed E-state index contributed by atoms with van der Waals surface area (Å²) in [6, 6.07) is 9.31. The van der Waals surface area contributed by atoms with Gasteiger partial charge in [0.05, 0.1) is 28.3 Å². The first-order valence-electron chi connectivity index (χ1n) is 9.37. The summed E-state index contributed by atoms with van der Waals surface area (Å²) in [5, 5.41) is 7.75. The van der Waals surface area contributed by atoms with Crippen molar-refractivity contribution in [1.82, 2.24) is 19.9 Å². The van der Waals surface area contributed by atoms with Crippen LogP contribution in [0.3, 0.4) is 0 Å². The Morgan fingerprint density at radius 1 is 1.00 bits per heavy atom. The molecule has 2 aromatic heterocycles. The summed E-state index contributed by atoms with van der Waals surface area (Å²) in [5.41, 5.74) is 9.92. The molecule has 0 fully saturated rings. The first kappa shape index (κ1) is 21.2. The number of hydrogen-bond acceptors (Lipinski definition) is 8. The van der Waals surface area contributed by atoms with Crippen LogP contribution in [0.4, 0.5) is 28.8 Å². The number of benzene rings is 2. The van der Waals surface area contributed by atoms with Crippen LogP contribution in [0.5, 0.6) is 5.75 Å². The molecule has 4 aromatic rings. The largest absolute Gasteiger partial charge is 0.495 e. The number of nitrogens with zero attached hydrogens (tertiary/aromatic N) is 4. The molecule has 0 aliphatic carbocycles. The Morgan fingerprint density at radius 3 is 2.58 bits per heavy atom. The third-order valence-electron chi connectivity index (χ3n) is 4.53. The van der Waals surface area contributed by atoms with Crippen molar-refractivity contribution in [2.24, 2.45) is 0 Å². The molecular formula is C21H21BrN7OP. The van der Waals surface area contributed by atoms with E-state index in [1.54, 1.807) is 43.9 Å². The maximum absolute atomic E-state index is 5.92. The van der Waals surface area contributed by atoms with Gasteiger partial charge in [0, 0.05) is 35.3 Å². The standard InChI is InChI=1S/C21H21BrN7OP/c1-30-17-7-4-12(23)10-16(17)28-21-26-11-13(22)20(29-21)27-15-6-5-14-18(19(15)31(2)3)25-9-8-24-14/h4-11H,23H2,1-3H3,(H2,26,27,28,29). The van der Waals surface area contributed by atoms with Crippen molar-refractivity contribution in [2.45, 2.75) is 0 Å². The van der Waals surface area contributed by atoms with Crippen molar-refractivity contribution in [3.8, 4) is 5.75 Å². The Bertz CT molecular complexity index is 1250. The number of hydrogen-bond donors (Lipinski definition) is 3. The van der Waals surface area contributed by atoms with E-state index in [1.807, 2.05) is 12.1 Å². The van der Waals surface area contributed by atoms with Crippen molar-refractivity contribution in [2.75, 3.05) is 36.8 Å². The summed E-state index contributed by atoms with van der Waals surface area (Å²) in [6.07, 6.45) is 5.12. The van der Waals surface area contributed by atoms with E-state index in [1.165, 1.54) is 0 Å². The van der Waals surface area contributed by atoms with Gasteiger partial charge in [-0.15, -0.1) is 0 Å². The Balaban J connectivity index is 1.71. The van der Waals surface area contributed by atoms with Crippen molar-refractivity contribution in [3.63, 3.8) is 0 Å². The lowest BCUT2D eigenvalue weighted by atomic mass is 10.2. The van der Waals surface area contributed by atoms with Crippen LogP contribution in [0.25, 0.3) is 11.0 Å². The highest BCUT2D eigenvalue weighted by molar-refractivity contribution is 9.10. The van der Waals surface area contributed by atoms with Crippen LogP contribution in [-0.2, 0) is 0 Å². The zero-order valence-corrected chi connectivity index (χ0v) is 19.7. The molecule has 0 radical (unpaired) electrons. The van der Waals surface area contributed by atoms with Gasteiger partial charge in [-0.3, -0.25) is 9.97 Å². The fourth-order valence-corrected chi connectivity index (χ4v) is 4.66. The maximum Gasteiger partial charge on any atom is 0.229 e. The number of rotatable bonds is 6. The summed E-state index contributed by atoms with van der Waals surface area (Å²) in [5.74, 6) is 1.68. The third-order valence-corrected chi connectivity index (χ3v) is 6.46. The minimum Gasteiger partial charge on any atom is -0.495 e. The number of methoxy groups -OCH3 is 1. The van der Waals surface area contributed by atoms with Crippen LogP contribution in [0.15, 0.2) is 53.4 Å². The highest BCUT2D eigenvalue weighted by Gasteiger charge is 2.15. The van der Waals surface area contributed by atoms with Gasteiger partial charge >= 0.3 is 0 Å². The van der Waals surface area contributed by atoms with Crippen LogP contribution in [0.1, 0.15) is 0 Å². The van der Waals surface area contributed by atoms with E-state index in [-0.39, 0.29) is 0 Å². The molecule has 0 aliphatic rings. The molecular weight excluding hydrogens is 477 g/mol. The van der Waals surface area contributed by atoms with E-state index in [9.17, 15) is 0 Å². The summed E-state index contributed by atoms with van der Waals surface area (Å²) in [6.45, 7) is 4.39. The second-order valence-electron chi connectivity index (χ2n) is 6.88. The predicted molar refractivity (Wildman–Crippen MR) is 132 cm³/mol. The number of fused-ring (bicyclic) bond motifs is 1. The topological polar surface area (TPSA) is 111 Å². The van der Waals surface area contributed by atoms with Crippen LogP contribution < -0.4 is 26.4 Å². The number of halogens is 1. The second-order valence-corrected chi connectivity index (χ2v) is 9.97. The van der Waals surface area contributed by atoms with Gasteiger partial charge < -0.3 is 21.1 Å². The van der Waals surface area contributed by atoms with Crippen molar-refractivity contribution in [1.29, 1.82) is 0 Å². The Kier molecular flexibility index (Phi) is 6.15. The minimum atomic E-state index is -0.449. The fraction of sp³-hybridized carbons (Fsp3) is 0.143. The highest BCUT2D eigenvalue weighted by atomic mass is 79.9. The summed E-state index contributed by atoms with van der Waals surface area (Å²) in [4.78, 5) is 18.0. The molecule has 8 nitrogen and oxygen atoms in total. The van der Waals surface area contributed by atoms with E-state index in [4.69, 9.17) is 10.5 Å². The fourth-order valence-electron chi connectivity index (χ4n) is 3.16. The zero-order chi connectivity index (χ0) is 22.0. The van der Waals surface area contributed by atoms with Crippen LogP contribution >= 0.6 is 23.9 Å². The molecule has 0 amide bonds. The molecule has 0 atom stereocenters. The van der Waals surface area contributed by atoms with E-state index in [0.29, 0.717) is 28.9 Å². The SMILES string of the molecule is COc1ccc(N)cc1Nc1ncc(Br)c(Nc2ccc3nccnc3c2P(C)C)n1. The van der Waals surface area contributed by atoms with Gasteiger partial charge in [-0.2, -0.15) is 4.98 Å². The lowest BCUT2D eigenvalue weighted by Crippen LogP contribution is -2.12. The third kappa shape index (κ3) is 4.52. The van der Waals surface area contributed by atoms with Gasteiger partial charge in [0.15, 0.2) is 0 Å². The molecule has 0 aliphatic heterocycles. The number of ether oxygens (including phenoxy) is 1. The highest BCUT2D eigenvalue weighted by Crippen LogP contribution is 2.35. The van der Waals surface area contributed by atoms with Gasteiger partial charge in [0.2, 0.25) is 5.95 Å². The molecule has 2 heterocycles. The zero-order valence-electron chi connectivity index (χ0n) is 17.2.